The number of anilines is 2. The van der Waals surface area contributed by atoms with E-state index in [1.54, 1.807) is 0 Å². The zero-order valence-corrected chi connectivity index (χ0v) is 11.7. The average Bonchev–Trinajstić information content (AvgIpc) is 2.21. The van der Waals surface area contributed by atoms with Crippen LogP contribution < -0.4 is 16.8 Å². The Kier molecular flexibility index (Phi) is 7.00. The Bertz CT molecular complexity index is 339. The van der Waals surface area contributed by atoms with Crippen molar-refractivity contribution in [3.63, 3.8) is 0 Å². The highest BCUT2D eigenvalue weighted by atomic mass is 35.5. The summed E-state index contributed by atoms with van der Waals surface area (Å²) in [6.45, 7) is 7.57. The maximum Gasteiger partial charge on any atom is 0.0363 e. The van der Waals surface area contributed by atoms with Gasteiger partial charge >= 0.3 is 0 Å². The van der Waals surface area contributed by atoms with Crippen LogP contribution in [0.25, 0.3) is 0 Å². The van der Waals surface area contributed by atoms with Crippen molar-refractivity contribution in [2.24, 2.45) is 5.92 Å². The van der Waals surface area contributed by atoms with Gasteiger partial charge < -0.3 is 16.8 Å². The lowest BCUT2D eigenvalue weighted by Crippen LogP contribution is -2.22. The normalized spacial score (nSPS) is 12.2. The lowest BCUT2D eigenvalue weighted by atomic mass is 10.0. The predicted molar refractivity (Wildman–Crippen MR) is 78.4 cm³/mol. The molecular weight excluding hydrogens is 234 g/mol. The molecule has 1 unspecified atom stereocenters. The van der Waals surface area contributed by atoms with Gasteiger partial charge in [0.2, 0.25) is 0 Å². The van der Waals surface area contributed by atoms with Gasteiger partial charge in [0.05, 0.1) is 0 Å². The van der Waals surface area contributed by atoms with Crippen LogP contribution in [-0.4, -0.2) is 6.54 Å². The van der Waals surface area contributed by atoms with Crippen LogP contribution in [0.4, 0.5) is 11.4 Å². The fourth-order valence-corrected chi connectivity index (χ4v) is 1.67. The van der Waals surface area contributed by atoms with Crippen molar-refractivity contribution in [3.05, 3.63) is 23.8 Å². The summed E-state index contributed by atoms with van der Waals surface area (Å²) in [6, 6.07) is 5.90. The molecular formula is C13H24ClN3. The predicted octanol–water partition coefficient (Wildman–Crippen LogP) is 2.97. The lowest BCUT2D eigenvalue weighted by Gasteiger charge is -2.17. The molecule has 1 aromatic rings. The molecule has 98 valence electrons. The molecule has 0 fully saturated rings. The van der Waals surface area contributed by atoms with Crippen LogP contribution in [0.5, 0.6) is 0 Å². The van der Waals surface area contributed by atoms with E-state index < -0.39 is 0 Å². The van der Waals surface area contributed by atoms with Gasteiger partial charge in [-0.15, -0.1) is 12.4 Å². The Labute approximate surface area is 110 Å². The van der Waals surface area contributed by atoms with E-state index in [9.17, 15) is 0 Å². The first-order valence-electron chi connectivity index (χ1n) is 5.89. The summed E-state index contributed by atoms with van der Waals surface area (Å²) in [6.07, 6.45) is 1.17. The number of nitrogen functional groups attached to an aromatic ring is 2. The third kappa shape index (κ3) is 5.29. The highest BCUT2D eigenvalue weighted by Crippen LogP contribution is 2.22. The van der Waals surface area contributed by atoms with Gasteiger partial charge in [-0.1, -0.05) is 13.8 Å². The van der Waals surface area contributed by atoms with Gasteiger partial charge in [-0.25, -0.2) is 0 Å². The molecule has 0 aliphatic rings. The minimum atomic E-state index is 0. The van der Waals surface area contributed by atoms with Gasteiger partial charge in [0, 0.05) is 17.4 Å². The average molecular weight is 258 g/mol. The van der Waals surface area contributed by atoms with Crippen molar-refractivity contribution in [2.75, 3.05) is 18.0 Å². The van der Waals surface area contributed by atoms with Crippen molar-refractivity contribution in [1.82, 2.24) is 5.32 Å². The fourth-order valence-electron chi connectivity index (χ4n) is 1.67. The maximum absolute atomic E-state index is 5.93. The monoisotopic (exact) mass is 257 g/mol. The smallest absolute Gasteiger partial charge is 0.0363 e. The fraction of sp³-hybridized carbons (Fsp3) is 0.538. The molecule has 4 heteroatoms. The molecule has 3 nitrogen and oxygen atoms in total. The molecule has 1 atom stereocenters. The molecule has 1 aromatic carbocycles. The number of halogens is 1. The molecule has 0 amide bonds. The molecule has 0 radical (unpaired) electrons. The Hall–Kier alpha value is -0.930. The molecule has 0 saturated carbocycles. The number of benzene rings is 1. The van der Waals surface area contributed by atoms with Crippen LogP contribution in [-0.2, 0) is 0 Å². The van der Waals surface area contributed by atoms with Gasteiger partial charge in [-0.2, -0.15) is 0 Å². The third-order valence-corrected chi connectivity index (χ3v) is 2.75. The summed E-state index contributed by atoms with van der Waals surface area (Å²) in [5.74, 6) is 0.720. The maximum atomic E-state index is 5.93. The van der Waals surface area contributed by atoms with E-state index in [1.807, 2.05) is 18.2 Å². The molecule has 0 bridgehead atoms. The largest absolute Gasteiger partial charge is 0.399 e. The molecule has 0 aliphatic carbocycles. The van der Waals surface area contributed by atoms with E-state index in [-0.39, 0.29) is 18.4 Å². The number of hydrogen-bond acceptors (Lipinski definition) is 3. The summed E-state index contributed by atoms with van der Waals surface area (Å²) in [5, 5.41) is 3.46. The quantitative estimate of drug-likeness (QED) is 0.711. The number of nitrogens with two attached hydrogens (primary N) is 2. The van der Waals surface area contributed by atoms with Gasteiger partial charge in [0.15, 0.2) is 0 Å². The Morgan fingerprint density at radius 1 is 1.18 bits per heavy atom. The van der Waals surface area contributed by atoms with E-state index >= 15 is 0 Å². The number of rotatable bonds is 5. The van der Waals surface area contributed by atoms with Crippen molar-refractivity contribution in [1.29, 1.82) is 0 Å². The molecule has 0 saturated heterocycles. The molecule has 0 aliphatic heterocycles. The Morgan fingerprint density at radius 2 is 1.82 bits per heavy atom. The zero-order valence-electron chi connectivity index (χ0n) is 10.9. The summed E-state index contributed by atoms with van der Waals surface area (Å²) in [4.78, 5) is 0. The standard InChI is InChI=1S/C13H23N3.ClH/c1-9(2)6-7-16-10(3)12-8-11(14)4-5-13(12)15;/h4-5,8-10,16H,6-7,14-15H2,1-3H3;1H. The second-order valence-corrected chi connectivity index (χ2v) is 4.75. The van der Waals surface area contributed by atoms with Gasteiger partial charge in [-0.3, -0.25) is 0 Å². The van der Waals surface area contributed by atoms with Crippen LogP contribution >= 0.6 is 12.4 Å². The summed E-state index contributed by atoms with van der Waals surface area (Å²) < 4.78 is 0. The minimum Gasteiger partial charge on any atom is -0.399 e. The third-order valence-electron chi connectivity index (χ3n) is 2.75. The molecule has 0 aromatic heterocycles. The Balaban J connectivity index is 0.00000256. The first-order valence-corrected chi connectivity index (χ1v) is 5.89. The second kappa shape index (κ2) is 7.41. The van der Waals surface area contributed by atoms with Crippen LogP contribution in [0, 0.1) is 5.92 Å². The highest BCUT2D eigenvalue weighted by molar-refractivity contribution is 5.85. The molecule has 5 N–H and O–H groups in total. The van der Waals surface area contributed by atoms with Crippen molar-refractivity contribution < 1.29 is 0 Å². The topological polar surface area (TPSA) is 64.1 Å². The van der Waals surface area contributed by atoms with Crippen LogP contribution in [0.3, 0.4) is 0 Å². The van der Waals surface area contributed by atoms with Gasteiger partial charge in [0.1, 0.15) is 0 Å². The Morgan fingerprint density at radius 3 is 2.41 bits per heavy atom. The lowest BCUT2D eigenvalue weighted by molar-refractivity contribution is 0.498. The molecule has 17 heavy (non-hydrogen) atoms. The van der Waals surface area contributed by atoms with Crippen LogP contribution in [0.2, 0.25) is 0 Å². The van der Waals surface area contributed by atoms with Crippen molar-refractivity contribution in [2.45, 2.75) is 33.2 Å². The SMILES string of the molecule is CC(C)CCNC(C)c1cc(N)ccc1N.Cl. The van der Waals surface area contributed by atoms with Gasteiger partial charge in [-0.05, 0) is 49.6 Å². The van der Waals surface area contributed by atoms with E-state index in [4.69, 9.17) is 11.5 Å². The van der Waals surface area contributed by atoms with E-state index in [2.05, 4.69) is 26.1 Å². The zero-order chi connectivity index (χ0) is 12.1. The number of nitrogens with one attached hydrogen (secondary N) is 1. The van der Waals surface area contributed by atoms with Crippen LogP contribution in [0.15, 0.2) is 18.2 Å². The minimum absolute atomic E-state index is 0. The second-order valence-electron chi connectivity index (χ2n) is 4.75. The van der Waals surface area contributed by atoms with Crippen molar-refractivity contribution >= 4 is 23.8 Å². The van der Waals surface area contributed by atoms with E-state index in [0.717, 1.165) is 29.4 Å². The van der Waals surface area contributed by atoms with Crippen LogP contribution in [0.1, 0.15) is 38.8 Å². The number of hydrogen-bond donors (Lipinski definition) is 3. The molecule has 0 heterocycles. The van der Waals surface area contributed by atoms with E-state index in [1.165, 1.54) is 6.42 Å². The summed E-state index contributed by atoms with van der Waals surface area (Å²) >= 11 is 0. The van der Waals surface area contributed by atoms with E-state index in [0.29, 0.717) is 0 Å². The molecule has 1 rings (SSSR count). The summed E-state index contributed by atoms with van der Waals surface area (Å²) in [5.41, 5.74) is 14.3. The molecule has 0 spiro atoms. The first kappa shape index (κ1) is 16.1. The van der Waals surface area contributed by atoms with Crippen molar-refractivity contribution in [3.8, 4) is 0 Å². The van der Waals surface area contributed by atoms with Gasteiger partial charge in [0.25, 0.3) is 0 Å². The summed E-state index contributed by atoms with van der Waals surface area (Å²) in [7, 11) is 0. The highest BCUT2D eigenvalue weighted by Gasteiger charge is 2.08. The first-order chi connectivity index (χ1) is 7.50.